The number of rotatable bonds is 7. The molecule has 0 amide bonds. The first-order chi connectivity index (χ1) is 13.5. The van der Waals surface area contributed by atoms with E-state index in [0.29, 0.717) is 17.1 Å². The molecule has 1 aromatic heterocycles. The fourth-order valence-electron chi connectivity index (χ4n) is 2.96. The minimum absolute atomic E-state index is 0.138. The Hall–Kier alpha value is -3.48. The van der Waals surface area contributed by atoms with Crippen LogP contribution < -0.4 is 14.2 Å². The molecule has 146 valence electrons. The molecular weight excluding hydrogens is 362 g/mol. The van der Waals surface area contributed by atoms with Crippen LogP contribution in [0.25, 0.3) is 10.9 Å². The number of fused-ring (bicyclic) bond motifs is 1. The molecule has 0 aliphatic carbocycles. The second kappa shape index (κ2) is 8.04. The fraction of sp³-hybridized carbons (Fsp3) is 0.238. The number of benzene rings is 2. The first-order valence-electron chi connectivity index (χ1n) is 8.61. The van der Waals surface area contributed by atoms with Gasteiger partial charge in [0.25, 0.3) is 0 Å². The summed E-state index contributed by atoms with van der Waals surface area (Å²) in [5, 5.41) is 0.777. The molecule has 0 fully saturated rings. The third kappa shape index (κ3) is 3.51. The molecule has 1 N–H and O–H groups in total. The summed E-state index contributed by atoms with van der Waals surface area (Å²) in [5.41, 5.74) is 1.44. The third-order valence-corrected chi connectivity index (χ3v) is 4.43. The van der Waals surface area contributed by atoms with Crippen LogP contribution in [0.1, 0.15) is 27.6 Å². The summed E-state index contributed by atoms with van der Waals surface area (Å²) < 4.78 is 21.1. The van der Waals surface area contributed by atoms with Gasteiger partial charge in [-0.3, -0.25) is 4.79 Å². The van der Waals surface area contributed by atoms with Crippen molar-refractivity contribution in [2.75, 3.05) is 21.3 Å². The van der Waals surface area contributed by atoms with Crippen LogP contribution in [-0.2, 0) is 4.74 Å². The van der Waals surface area contributed by atoms with E-state index in [1.165, 1.54) is 40.4 Å². The standard InChI is InChI=1S/C21H21NO6/c1-12(20(23)15-11-22-16-8-6-5-7-13(15)16)28-21(24)14-9-18(26-3)19(27-4)10-17(14)25-2/h5-12,22H,1-4H3/t12-/m0/s1. The molecule has 28 heavy (non-hydrogen) atoms. The summed E-state index contributed by atoms with van der Waals surface area (Å²) in [7, 11) is 4.37. The maximum atomic E-state index is 12.8. The zero-order chi connectivity index (χ0) is 20.3. The summed E-state index contributed by atoms with van der Waals surface area (Å²) in [6, 6.07) is 10.4. The van der Waals surface area contributed by atoms with E-state index in [4.69, 9.17) is 18.9 Å². The molecule has 2 aromatic carbocycles. The van der Waals surface area contributed by atoms with E-state index in [2.05, 4.69) is 4.98 Å². The second-order valence-corrected chi connectivity index (χ2v) is 6.07. The number of ether oxygens (including phenoxy) is 4. The van der Waals surface area contributed by atoms with Crippen LogP contribution in [0.3, 0.4) is 0 Å². The predicted octanol–water partition coefficient (Wildman–Crippen LogP) is 3.62. The van der Waals surface area contributed by atoms with E-state index >= 15 is 0 Å². The van der Waals surface area contributed by atoms with Gasteiger partial charge in [0.2, 0.25) is 5.78 Å². The molecule has 1 heterocycles. The van der Waals surface area contributed by atoms with Crippen molar-refractivity contribution in [1.82, 2.24) is 4.98 Å². The molecule has 0 aliphatic rings. The SMILES string of the molecule is COc1cc(OC)c(C(=O)O[C@@H](C)C(=O)c2c[nH]c3ccccc23)cc1OC. The van der Waals surface area contributed by atoms with Crippen molar-refractivity contribution in [1.29, 1.82) is 0 Å². The highest BCUT2D eigenvalue weighted by molar-refractivity contribution is 6.10. The lowest BCUT2D eigenvalue weighted by molar-refractivity contribution is 0.0316. The Kier molecular flexibility index (Phi) is 5.54. The average Bonchev–Trinajstić information content (AvgIpc) is 3.15. The Balaban J connectivity index is 1.85. The van der Waals surface area contributed by atoms with Crippen LogP contribution in [0.15, 0.2) is 42.6 Å². The number of esters is 1. The molecule has 7 nitrogen and oxygen atoms in total. The van der Waals surface area contributed by atoms with Crippen LogP contribution in [0.4, 0.5) is 0 Å². The van der Waals surface area contributed by atoms with Crippen LogP contribution in [0.5, 0.6) is 17.2 Å². The van der Waals surface area contributed by atoms with Gasteiger partial charge in [0.15, 0.2) is 17.6 Å². The highest BCUT2D eigenvalue weighted by Crippen LogP contribution is 2.35. The Morgan fingerprint density at radius 3 is 2.21 bits per heavy atom. The number of aromatic nitrogens is 1. The number of aromatic amines is 1. The average molecular weight is 383 g/mol. The number of H-pyrrole nitrogens is 1. The van der Waals surface area contributed by atoms with Crippen molar-refractivity contribution in [2.45, 2.75) is 13.0 Å². The van der Waals surface area contributed by atoms with Gasteiger partial charge in [0.05, 0.1) is 21.3 Å². The first-order valence-corrected chi connectivity index (χ1v) is 8.61. The monoisotopic (exact) mass is 383 g/mol. The topological polar surface area (TPSA) is 86.9 Å². The molecule has 0 spiro atoms. The Bertz CT molecular complexity index is 1020. The Labute approximate surface area is 162 Å². The van der Waals surface area contributed by atoms with Gasteiger partial charge in [-0.2, -0.15) is 0 Å². The normalized spacial score (nSPS) is 11.7. The number of Topliss-reactive ketones (excluding diaryl/α,β-unsaturated/α-hetero) is 1. The molecule has 0 radical (unpaired) electrons. The Morgan fingerprint density at radius 2 is 1.54 bits per heavy atom. The number of carbonyl (C=O) groups is 2. The van der Waals surface area contributed by atoms with Crippen molar-refractivity contribution in [3.8, 4) is 17.2 Å². The summed E-state index contributed by atoms with van der Waals surface area (Å²) in [6.45, 7) is 1.54. The van der Waals surface area contributed by atoms with E-state index in [-0.39, 0.29) is 17.1 Å². The molecule has 0 bridgehead atoms. The minimum atomic E-state index is -0.982. The van der Waals surface area contributed by atoms with Gasteiger partial charge in [-0.1, -0.05) is 18.2 Å². The maximum Gasteiger partial charge on any atom is 0.342 e. The van der Waals surface area contributed by atoms with E-state index in [0.717, 1.165) is 10.9 Å². The maximum absolute atomic E-state index is 12.8. The lowest BCUT2D eigenvalue weighted by Gasteiger charge is -2.16. The highest BCUT2D eigenvalue weighted by atomic mass is 16.5. The molecule has 0 aliphatic heterocycles. The summed E-state index contributed by atoms with van der Waals surface area (Å²) in [5.74, 6) is 0.0304. The lowest BCUT2D eigenvalue weighted by atomic mass is 10.1. The first kappa shape index (κ1) is 19.3. The number of para-hydroxylation sites is 1. The van der Waals surface area contributed by atoms with Gasteiger partial charge in [0, 0.05) is 34.8 Å². The number of carbonyl (C=O) groups excluding carboxylic acids is 2. The van der Waals surface area contributed by atoms with Crippen molar-refractivity contribution in [3.63, 3.8) is 0 Å². The van der Waals surface area contributed by atoms with Crippen LogP contribution >= 0.6 is 0 Å². The fourth-order valence-corrected chi connectivity index (χ4v) is 2.96. The van der Waals surface area contributed by atoms with Gasteiger partial charge in [-0.15, -0.1) is 0 Å². The summed E-state index contributed by atoms with van der Waals surface area (Å²) in [4.78, 5) is 28.5. The molecule has 0 saturated carbocycles. The van der Waals surface area contributed by atoms with E-state index in [1.807, 2.05) is 24.3 Å². The molecule has 7 heteroatoms. The predicted molar refractivity (Wildman–Crippen MR) is 104 cm³/mol. The molecular formula is C21H21NO6. The molecule has 3 rings (SSSR count). The number of hydrogen-bond acceptors (Lipinski definition) is 6. The van der Waals surface area contributed by atoms with Crippen LogP contribution in [0, 0.1) is 0 Å². The molecule has 1 atom stereocenters. The smallest absolute Gasteiger partial charge is 0.342 e. The van der Waals surface area contributed by atoms with E-state index < -0.39 is 12.1 Å². The van der Waals surface area contributed by atoms with Crippen LogP contribution in [0.2, 0.25) is 0 Å². The van der Waals surface area contributed by atoms with Crippen molar-refractivity contribution in [3.05, 3.63) is 53.7 Å². The Morgan fingerprint density at radius 1 is 0.893 bits per heavy atom. The number of methoxy groups -OCH3 is 3. The minimum Gasteiger partial charge on any atom is -0.496 e. The zero-order valence-corrected chi connectivity index (χ0v) is 16.1. The van der Waals surface area contributed by atoms with Crippen molar-refractivity contribution in [2.24, 2.45) is 0 Å². The van der Waals surface area contributed by atoms with Gasteiger partial charge < -0.3 is 23.9 Å². The number of ketones is 1. The lowest BCUT2D eigenvalue weighted by Crippen LogP contribution is -2.24. The quantitative estimate of drug-likeness (QED) is 0.495. The van der Waals surface area contributed by atoms with E-state index in [1.54, 1.807) is 6.20 Å². The number of hydrogen-bond donors (Lipinski definition) is 1. The van der Waals surface area contributed by atoms with Gasteiger partial charge in [-0.25, -0.2) is 4.79 Å². The second-order valence-electron chi connectivity index (χ2n) is 6.07. The van der Waals surface area contributed by atoms with Crippen LogP contribution in [-0.4, -0.2) is 44.2 Å². The summed E-state index contributed by atoms with van der Waals surface area (Å²) in [6.07, 6.45) is 0.637. The molecule has 0 saturated heterocycles. The number of nitrogens with one attached hydrogen (secondary N) is 1. The van der Waals surface area contributed by atoms with Gasteiger partial charge in [0.1, 0.15) is 11.3 Å². The molecule has 3 aromatic rings. The summed E-state index contributed by atoms with van der Waals surface area (Å²) >= 11 is 0. The highest BCUT2D eigenvalue weighted by Gasteiger charge is 2.25. The third-order valence-electron chi connectivity index (χ3n) is 4.43. The molecule has 0 unspecified atom stereocenters. The largest absolute Gasteiger partial charge is 0.496 e. The van der Waals surface area contributed by atoms with Gasteiger partial charge >= 0.3 is 5.97 Å². The zero-order valence-electron chi connectivity index (χ0n) is 16.1. The van der Waals surface area contributed by atoms with Gasteiger partial charge in [-0.05, 0) is 13.0 Å². The van der Waals surface area contributed by atoms with Crippen molar-refractivity contribution < 1.29 is 28.5 Å². The van der Waals surface area contributed by atoms with Crippen molar-refractivity contribution >= 4 is 22.7 Å². The van der Waals surface area contributed by atoms with E-state index in [9.17, 15) is 9.59 Å².